The van der Waals surface area contributed by atoms with Crippen LogP contribution in [0.5, 0.6) is 0 Å². The van der Waals surface area contributed by atoms with Crippen LogP contribution in [0.25, 0.3) is 0 Å². The lowest BCUT2D eigenvalue weighted by molar-refractivity contribution is 0.243. The fraction of sp³-hybridized carbons (Fsp3) is 0.312. The van der Waals surface area contributed by atoms with E-state index in [0.29, 0.717) is 6.04 Å². The Morgan fingerprint density at radius 3 is 3.09 bits per heavy atom. The second-order valence-electron chi connectivity index (χ2n) is 5.53. The molecule has 0 radical (unpaired) electrons. The molecule has 3 aromatic rings. The number of hydrogen-bond acceptors (Lipinski definition) is 7. The van der Waals surface area contributed by atoms with Gasteiger partial charge in [0, 0.05) is 23.5 Å². The van der Waals surface area contributed by atoms with Crippen LogP contribution < -0.4 is 5.32 Å². The van der Waals surface area contributed by atoms with Gasteiger partial charge >= 0.3 is 0 Å². The second kappa shape index (κ2) is 6.74. The van der Waals surface area contributed by atoms with Gasteiger partial charge in [-0.15, -0.1) is 22.7 Å². The standard InChI is InChI=1S/C16H17N5S2/c1-2-6-17-15(5-1)20-16-19-13(10-23-16)14-4-3-7-21(14)8-12-9-22-11-18-12/h1-2,5-6,9-11,14H,3-4,7-8H2,(H,17,19,20). The average Bonchev–Trinajstić information content (AvgIpc) is 3.30. The molecule has 0 bridgehead atoms. The van der Waals surface area contributed by atoms with Crippen molar-refractivity contribution >= 4 is 33.6 Å². The van der Waals surface area contributed by atoms with Crippen molar-refractivity contribution in [2.24, 2.45) is 0 Å². The number of pyridine rings is 1. The van der Waals surface area contributed by atoms with Gasteiger partial charge < -0.3 is 5.32 Å². The van der Waals surface area contributed by atoms with Gasteiger partial charge in [-0.1, -0.05) is 6.07 Å². The minimum absolute atomic E-state index is 0.396. The molecule has 5 nitrogen and oxygen atoms in total. The zero-order valence-electron chi connectivity index (χ0n) is 12.6. The number of hydrogen-bond donors (Lipinski definition) is 1. The molecule has 7 heteroatoms. The third-order valence-electron chi connectivity index (χ3n) is 3.98. The van der Waals surface area contributed by atoms with Crippen LogP contribution in [0.3, 0.4) is 0 Å². The average molecular weight is 343 g/mol. The van der Waals surface area contributed by atoms with Crippen molar-refractivity contribution in [2.45, 2.75) is 25.4 Å². The molecule has 0 amide bonds. The molecule has 1 unspecified atom stereocenters. The van der Waals surface area contributed by atoms with Gasteiger partial charge in [0.2, 0.25) is 0 Å². The first-order chi connectivity index (χ1) is 11.4. The van der Waals surface area contributed by atoms with Crippen LogP contribution in [0.1, 0.15) is 30.3 Å². The van der Waals surface area contributed by atoms with Gasteiger partial charge in [0.25, 0.3) is 0 Å². The van der Waals surface area contributed by atoms with Crippen LogP contribution in [0, 0.1) is 0 Å². The SMILES string of the molecule is c1ccc(Nc2nc(C3CCCN3Cc3cscn3)cs2)nc1. The number of nitrogens with zero attached hydrogens (tertiary/aromatic N) is 4. The smallest absolute Gasteiger partial charge is 0.188 e. The molecule has 0 aliphatic carbocycles. The van der Waals surface area contributed by atoms with Crippen LogP contribution in [0.15, 0.2) is 40.7 Å². The minimum atomic E-state index is 0.396. The molecule has 4 heterocycles. The highest BCUT2D eigenvalue weighted by Gasteiger charge is 2.28. The molecule has 118 valence electrons. The van der Waals surface area contributed by atoms with E-state index in [1.54, 1.807) is 28.9 Å². The summed E-state index contributed by atoms with van der Waals surface area (Å²) in [6.07, 6.45) is 4.16. The summed E-state index contributed by atoms with van der Waals surface area (Å²) in [4.78, 5) is 15.9. The van der Waals surface area contributed by atoms with Crippen LogP contribution in [0.2, 0.25) is 0 Å². The van der Waals surface area contributed by atoms with E-state index < -0.39 is 0 Å². The van der Waals surface area contributed by atoms with Crippen molar-refractivity contribution in [3.8, 4) is 0 Å². The fourth-order valence-electron chi connectivity index (χ4n) is 2.92. The van der Waals surface area contributed by atoms with E-state index in [0.717, 1.165) is 41.8 Å². The van der Waals surface area contributed by atoms with Gasteiger partial charge in [0.05, 0.1) is 22.9 Å². The molecule has 3 aromatic heterocycles. The summed E-state index contributed by atoms with van der Waals surface area (Å²) in [7, 11) is 0. The molecule has 0 saturated carbocycles. The highest BCUT2D eigenvalue weighted by molar-refractivity contribution is 7.13. The molecule has 1 saturated heterocycles. The van der Waals surface area contributed by atoms with Crippen molar-refractivity contribution in [1.82, 2.24) is 19.9 Å². The number of rotatable bonds is 5. The molecule has 4 rings (SSSR count). The Balaban J connectivity index is 1.47. The van der Waals surface area contributed by atoms with E-state index in [9.17, 15) is 0 Å². The quantitative estimate of drug-likeness (QED) is 0.756. The summed E-state index contributed by atoms with van der Waals surface area (Å²) in [6, 6.07) is 6.22. The maximum atomic E-state index is 4.77. The fourth-order valence-corrected chi connectivity index (χ4v) is 4.23. The lowest BCUT2D eigenvalue weighted by atomic mass is 10.1. The number of nitrogens with one attached hydrogen (secondary N) is 1. The van der Waals surface area contributed by atoms with Gasteiger partial charge in [-0.2, -0.15) is 0 Å². The van der Waals surface area contributed by atoms with Crippen molar-refractivity contribution in [2.75, 3.05) is 11.9 Å². The molecule has 1 fully saturated rings. The summed E-state index contributed by atoms with van der Waals surface area (Å²) in [6.45, 7) is 2.03. The van der Waals surface area contributed by atoms with E-state index in [2.05, 4.69) is 30.9 Å². The molecular formula is C16H17N5S2. The van der Waals surface area contributed by atoms with Crippen molar-refractivity contribution in [3.63, 3.8) is 0 Å². The van der Waals surface area contributed by atoms with E-state index in [-0.39, 0.29) is 0 Å². The topological polar surface area (TPSA) is 53.9 Å². The third kappa shape index (κ3) is 3.41. The van der Waals surface area contributed by atoms with Crippen molar-refractivity contribution in [1.29, 1.82) is 0 Å². The van der Waals surface area contributed by atoms with Crippen molar-refractivity contribution < 1.29 is 0 Å². The zero-order valence-corrected chi connectivity index (χ0v) is 14.2. The van der Waals surface area contributed by atoms with Gasteiger partial charge in [0.1, 0.15) is 5.82 Å². The van der Waals surface area contributed by atoms with E-state index in [1.165, 1.54) is 6.42 Å². The Bertz CT molecular complexity index is 741. The predicted molar refractivity (Wildman–Crippen MR) is 94.1 cm³/mol. The largest absolute Gasteiger partial charge is 0.316 e. The lowest BCUT2D eigenvalue weighted by Crippen LogP contribution is -2.23. The van der Waals surface area contributed by atoms with Crippen LogP contribution in [-0.2, 0) is 6.54 Å². The predicted octanol–water partition coefficient (Wildman–Crippen LogP) is 4.08. The number of likely N-dealkylation sites (tertiary alicyclic amines) is 1. The number of aromatic nitrogens is 3. The molecule has 1 N–H and O–H groups in total. The van der Waals surface area contributed by atoms with E-state index >= 15 is 0 Å². The summed E-state index contributed by atoms with van der Waals surface area (Å²) >= 11 is 3.30. The first-order valence-corrected chi connectivity index (χ1v) is 9.45. The molecule has 1 atom stereocenters. The van der Waals surface area contributed by atoms with Gasteiger partial charge in [-0.05, 0) is 31.5 Å². The summed E-state index contributed by atoms with van der Waals surface area (Å²) in [5, 5.41) is 8.47. The monoisotopic (exact) mass is 343 g/mol. The van der Waals surface area contributed by atoms with Crippen molar-refractivity contribution in [3.05, 3.63) is 52.1 Å². The van der Waals surface area contributed by atoms with E-state index in [1.807, 2.05) is 23.7 Å². The number of thiazole rings is 2. The van der Waals surface area contributed by atoms with Crippen LogP contribution >= 0.6 is 22.7 Å². The summed E-state index contributed by atoms with van der Waals surface area (Å²) in [5.74, 6) is 0.833. The highest BCUT2D eigenvalue weighted by Crippen LogP contribution is 2.35. The zero-order chi connectivity index (χ0) is 15.5. The Hall–Kier alpha value is -1.83. The maximum Gasteiger partial charge on any atom is 0.188 e. The lowest BCUT2D eigenvalue weighted by Gasteiger charge is -2.21. The van der Waals surface area contributed by atoms with Crippen LogP contribution in [0.4, 0.5) is 10.9 Å². The maximum absolute atomic E-state index is 4.77. The molecular weight excluding hydrogens is 326 g/mol. The van der Waals surface area contributed by atoms with Gasteiger partial charge in [-0.3, -0.25) is 4.90 Å². The molecule has 0 aromatic carbocycles. The minimum Gasteiger partial charge on any atom is -0.316 e. The highest BCUT2D eigenvalue weighted by atomic mass is 32.1. The Kier molecular flexibility index (Phi) is 4.32. The molecule has 1 aliphatic rings. The van der Waals surface area contributed by atoms with Crippen LogP contribution in [-0.4, -0.2) is 26.4 Å². The summed E-state index contributed by atoms with van der Waals surface area (Å²) in [5.41, 5.74) is 4.21. The third-order valence-corrected chi connectivity index (χ3v) is 5.39. The Morgan fingerprint density at radius 1 is 1.26 bits per heavy atom. The van der Waals surface area contributed by atoms with Gasteiger partial charge in [-0.25, -0.2) is 15.0 Å². The number of anilines is 2. The second-order valence-corrected chi connectivity index (χ2v) is 7.10. The normalized spacial score (nSPS) is 18.3. The Labute approximate surface area is 143 Å². The van der Waals surface area contributed by atoms with Gasteiger partial charge in [0.15, 0.2) is 5.13 Å². The molecule has 23 heavy (non-hydrogen) atoms. The summed E-state index contributed by atoms with van der Waals surface area (Å²) < 4.78 is 0. The Morgan fingerprint density at radius 2 is 2.26 bits per heavy atom. The molecule has 0 spiro atoms. The van der Waals surface area contributed by atoms with E-state index in [4.69, 9.17) is 4.98 Å². The first kappa shape index (κ1) is 14.7. The first-order valence-electron chi connectivity index (χ1n) is 7.63. The molecule has 1 aliphatic heterocycles.